The number of carbonyl (C=O) groups is 1. The lowest BCUT2D eigenvalue weighted by Crippen LogP contribution is -2.21. The minimum Gasteiger partial charge on any atom is -0.461 e. The van der Waals surface area contributed by atoms with Gasteiger partial charge in [-0.25, -0.2) is 4.98 Å². The molecule has 0 saturated heterocycles. The second kappa shape index (κ2) is 6.37. The molecule has 4 aromatic rings. The molecule has 1 aliphatic rings. The van der Waals surface area contributed by atoms with Crippen molar-refractivity contribution < 1.29 is 9.21 Å². The molecule has 0 unspecified atom stereocenters. The molecule has 0 radical (unpaired) electrons. The van der Waals surface area contributed by atoms with Gasteiger partial charge in [-0.15, -0.1) is 0 Å². The molecule has 140 valence electrons. The van der Waals surface area contributed by atoms with Crippen molar-refractivity contribution in [1.29, 1.82) is 0 Å². The van der Waals surface area contributed by atoms with Crippen LogP contribution in [0.15, 0.2) is 59.1 Å². The summed E-state index contributed by atoms with van der Waals surface area (Å²) in [6, 6.07) is 16.2. The molecule has 5 heteroatoms. The highest BCUT2D eigenvalue weighted by Gasteiger charge is 2.30. The smallest absolute Gasteiger partial charge is 0.221 e. The first-order valence-electron chi connectivity index (χ1n) is 9.50. The van der Waals surface area contributed by atoms with E-state index < -0.39 is 0 Å². The Bertz CT molecular complexity index is 1200. The molecule has 3 aromatic heterocycles. The number of aryl methyl sites for hydroxylation is 2. The number of nitrogens with zero attached hydrogens (tertiary/aromatic N) is 2. The molecule has 1 N–H and O–H groups in total. The van der Waals surface area contributed by atoms with Crippen molar-refractivity contribution in [2.75, 3.05) is 0 Å². The minimum atomic E-state index is -0.101. The van der Waals surface area contributed by atoms with Gasteiger partial charge in [0.25, 0.3) is 0 Å². The predicted octanol–water partition coefficient (Wildman–Crippen LogP) is 4.36. The van der Waals surface area contributed by atoms with Crippen molar-refractivity contribution in [3.63, 3.8) is 0 Å². The molecule has 5 nitrogen and oxygen atoms in total. The summed E-state index contributed by atoms with van der Waals surface area (Å²) in [6.07, 6.45) is 2.48. The van der Waals surface area contributed by atoms with Crippen molar-refractivity contribution in [2.45, 2.75) is 32.7 Å². The van der Waals surface area contributed by atoms with Crippen molar-refractivity contribution in [3.8, 4) is 11.3 Å². The number of carbonyl (C=O) groups excluding carboxylic acids is 1. The number of aromatic nitrogens is 2. The highest BCUT2D eigenvalue weighted by molar-refractivity contribution is 5.79. The maximum Gasteiger partial charge on any atom is 0.221 e. The summed E-state index contributed by atoms with van der Waals surface area (Å²) in [5.74, 6) is 1.63. The summed E-state index contributed by atoms with van der Waals surface area (Å²) >= 11 is 0. The van der Waals surface area contributed by atoms with E-state index >= 15 is 0 Å². The normalized spacial score (nSPS) is 16.6. The van der Waals surface area contributed by atoms with E-state index in [1.807, 2.05) is 37.3 Å². The van der Waals surface area contributed by atoms with E-state index in [-0.39, 0.29) is 11.8 Å². The Morgan fingerprint density at radius 2 is 1.96 bits per heavy atom. The Labute approximate surface area is 163 Å². The van der Waals surface area contributed by atoms with Crippen molar-refractivity contribution >= 4 is 11.6 Å². The van der Waals surface area contributed by atoms with Gasteiger partial charge in [0.2, 0.25) is 5.91 Å². The van der Waals surface area contributed by atoms with Gasteiger partial charge in [-0.1, -0.05) is 30.3 Å². The van der Waals surface area contributed by atoms with Gasteiger partial charge in [0.05, 0.1) is 17.9 Å². The largest absolute Gasteiger partial charge is 0.461 e. The summed E-state index contributed by atoms with van der Waals surface area (Å²) in [5, 5.41) is 3.00. The molecule has 4 heterocycles. The number of fused-ring (bicyclic) bond motifs is 3. The van der Waals surface area contributed by atoms with Crippen molar-refractivity contribution in [3.05, 3.63) is 83.0 Å². The summed E-state index contributed by atoms with van der Waals surface area (Å²) in [4.78, 5) is 17.3. The molecule has 1 aromatic carbocycles. The van der Waals surface area contributed by atoms with Crippen molar-refractivity contribution in [2.24, 2.45) is 0 Å². The van der Waals surface area contributed by atoms with E-state index in [0.29, 0.717) is 13.0 Å². The number of amides is 1. The molecule has 0 spiro atoms. The third-order valence-corrected chi connectivity index (χ3v) is 5.39. The number of hydrogen-bond donors (Lipinski definition) is 1. The van der Waals surface area contributed by atoms with Gasteiger partial charge >= 0.3 is 0 Å². The van der Waals surface area contributed by atoms with Crippen LogP contribution in [0.5, 0.6) is 0 Å². The monoisotopic (exact) mass is 371 g/mol. The third kappa shape index (κ3) is 2.71. The Kier molecular flexibility index (Phi) is 3.83. The number of nitrogens with one attached hydrogen (secondary N) is 1. The van der Waals surface area contributed by atoms with Crippen LogP contribution in [0.25, 0.3) is 17.0 Å². The highest BCUT2D eigenvalue weighted by atomic mass is 16.3. The molecular weight excluding hydrogens is 350 g/mol. The second-order valence-corrected chi connectivity index (χ2v) is 7.41. The maximum absolute atomic E-state index is 12.5. The van der Waals surface area contributed by atoms with Crippen LogP contribution in [-0.2, 0) is 11.3 Å². The van der Waals surface area contributed by atoms with E-state index in [4.69, 9.17) is 9.40 Å². The van der Waals surface area contributed by atoms with Crippen LogP contribution < -0.4 is 5.32 Å². The fourth-order valence-electron chi connectivity index (χ4n) is 4.12. The number of pyridine rings is 1. The zero-order chi connectivity index (χ0) is 19.3. The van der Waals surface area contributed by atoms with Gasteiger partial charge < -0.3 is 14.1 Å². The van der Waals surface area contributed by atoms with Crippen LogP contribution in [-0.4, -0.2) is 15.3 Å². The van der Waals surface area contributed by atoms with Gasteiger partial charge in [0.15, 0.2) is 0 Å². The first-order chi connectivity index (χ1) is 13.6. The van der Waals surface area contributed by atoms with Crippen LogP contribution >= 0.6 is 0 Å². The van der Waals surface area contributed by atoms with E-state index in [1.54, 1.807) is 0 Å². The lowest BCUT2D eigenvalue weighted by Gasteiger charge is -2.19. The number of furan rings is 1. The van der Waals surface area contributed by atoms with Gasteiger partial charge in [0, 0.05) is 24.1 Å². The summed E-state index contributed by atoms with van der Waals surface area (Å²) < 4.78 is 8.05. The number of hydrogen-bond acceptors (Lipinski definition) is 3. The quantitative estimate of drug-likeness (QED) is 0.569. The first kappa shape index (κ1) is 16.8. The molecule has 0 bridgehead atoms. The van der Waals surface area contributed by atoms with Crippen LogP contribution in [0, 0.1) is 13.8 Å². The molecular formula is C23H21N3O2. The average molecular weight is 371 g/mol. The van der Waals surface area contributed by atoms with Gasteiger partial charge in [0.1, 0.15) is 17.2 Å². The Morgan fingerprint density at radius 1 is 1.11 bits per heavy atom. The Morgan fingerprint density at radius 3 is 2.79 bits per heavy atom. The zero-order valence-electron chi connectivity index (χ0n) is 15.9. The van der Waals surface area contributed by atoms with Gasteiger partial charge in [-0.3, -0.25) is 4.79 Å². The Balaban J connectivity index is 1.76. The lowest BCUT2D eigenvalue weighted by molar-refractivity contribution is -0.121. The number of imidazole rings is 1. The average Bonchev–Trinajstić information content (AvgIpc) is 3.23. The first-order valence-corrected chi connectivity index (χ1v) is 9.50. The van der Waals surface area contributed by atoms with Crippen LogP contribution in [0.3, 0.4) is 0 Å². The second-order valence-electron chi connectivity index (χ2n) is 7.41. The molecule has 5 rings (SSSR count). The molecule has 28 heavy (non-hydrogen) atoms. The molecule has 0 fully saturated rings. The number of rotatable bonds is 2. The summed E-state index contributed by atoms with van der Waals surface area (Å²) in [7, 11) is 0. The van der Waals surface area contributed by atoms with E-state index in [9.17, 15) is 4.79 Å². The minimum absolute atomic E-state index is 0.0369. The predicted molar refractivity (Wildman–Crippen MR) is 107 cm³/mol. The van der Waals surface area contributed by atoms with E-state index in [1.165, 1.54) is 0 Å². The zero-order valence-corrected chi connectivity index (χ0v) is 15.9. The van der Waals surface area contributed by atoms with Crippen molar-refractivity contribution in [1.82, 2.24) is 14.7 Å². The Hall–Kier alpha value is -3.34. The topological polar surface area (TPSA) is 59.5 Å². The fraction of sp³-hybridized carbons (Fsp3) is 0.217. The molecule has 0 saturated carbocycles. The molecule has 1 amide bonds. The standard InChI is InChI=1S/C23H21N3O2/c1-14-7-10-21-25-19-12-24-22(27)11-18(23(19)26(21)13-14)16-5-3-4-6-17(16)20-9-8-15(2)28-20/h3-10,13,18H,11-12H2,1-2H3,(H,24,27)/t18-/m1/s1. The number of benzene rings is 1. The summed E-state index contributed by atoms with van der Waals surface area (Å²) in [6.45, 7) is 4.46. The molecule has 0 aliphatic carbocycles. The molecule has 1 aliphatic heterocycles. The SMILES string of the molecule is Cc1ccc2nc3c(n2c1)[C@@H](c1ccccc1-c1ccc(C)o1)CC(=O)NC3. The fourth-order valence-corrected chi connectivity index (χ4v) is 4.12. The lowest BCUT2D eigenvalue weighted by atomic mass is 9.87. The van der Waals surface area contributed by atoms with Crippen LogP contribution in [0.2, 0.25) is 0 Å². The summed E-state index contributed by atoms with van der Waals surface area (Å²) in [5.41, 5.74) is 6.16. The van der Waals surface area contributed by atoms with E-state index in [2.05, 4.69) is 41.0 Å². The van der Waals surface area contributed by atoms with Gasteiger partial charge in [-0.2, -0.15) is 0 Å². The maximum atomic E-state index is 12.5. The van der Waals surface area contributed by atoms with Crippen LogP contribution in [0.1, 0.15) is 40.6 Å². The third-order valence-electron chi connectivity index (χ3n) is 5.39. The van der Waals surface area contributed by atoms with Gasteiger partial charge in [-0.05, 0) is 43.2 Å². The van der Waals surface area contributed by atoms with Crippen LogP contribution in [0.4, 0.5) is 0 Å². The highest BCUT2D eigenvalue weighted by Crippen LogP contribution is 2.38. The molecule has 1 atom stereocenters. The van der Waals surface area contributed by atoms with E-state index in [0.717, 1.165) is 45.2 Å².